The van der Waals surface area contributed by atoms with Crippen molar-refractivity contribution < 1.29 is 23.0 Å². The van der Waals surface area contributed by atoms with Crippen LogP contribution in [0.25, 0.3) is 0 Å². The molecule has 13 heavy (non-hydrogen) atoms. The van der Waals surface area contributed by atoms with Crippen molar-refractivity contribution in [3.63, 3.8) is 0 Å². The molecule has 0 saturated carbocycles. The number of aliphatic hydroxyl groups is 1. The van der Waals surface area contributed by atoms with Gasteiger partial charge in [-0.15, -0.1) is 0 Å². The van der Waals surface area contributed by atoms with Gasteiger partial charge in [0.2, 0.25) is 0 Å². The number of aliphatic hydroxyl groups excluding tert-OH is 1. The Morgan fingerprint density at radius 3 is 2.46 bits per heavy atom. The summed E-state index contributed by atoms with van der Waals surface area (Å²) in [5.41, 5.74) is 0. The predicted octanol–water partition coefficient (Wildman–Crippen LogP) is 1.73. The van der Waals surface area contributed by atoms with E-state index in [0.717, 1.165) is 0 Å². The lowest BCUT2D eigenvalue weighted by Gasteiger charge is -2.12. The maximum atomic E-state index is 11.7. The van der Waals surface area contributed by atoms with E-state index in [2.05, 4.69) is 0 Å². The van der Waals surface area contributed by atoms with E-state index in [1.807, 2.05) is 0 Å². The molecule has 0 aliphatic carbocycles. The minimum atomic E-state index is -4.08. The Kier molecular flexibility index (Phi) is 3.55. The quantitative estimate of drug-likeness (QED) is 0.748. The van der Waals surface area contributed by atoms with Crippen molar-refractivity contribution in [3.05, 3.63) is 0 Å². The molecule has 0 bridgehead atoms. The Labute approximate surface area is 74.7 Å². The number of halogens is 3. The van der Waals surface area contributed by atoms with Gasteiger partial charge in [-0.3, -0.25) is 0 Å². The fraction of sp³-hybridized carbons (Fsp3) is 1.00. The van der Waals surface area contributed by atoms with Crippen LogP contribution in [0.4, 0.5) is 13.2 Å². The summed E-state index contributed by atoms with van der Waals surface area (Å²) in [6.07, 6.45) is -4.95. The van der Waals surface area contributed by atoms with Crippen molar-refractivity contribution >= 4 is 0 Å². The van der Waals surface area contributed by atoms with Crippen LogP contribution in [0.5, 0.6) is 0 Å². The van der Waals surface area contributed by atoms with E-state index in [9.17, 15) is 18.3 Å². The molecule has 0 spiro atoms. The van der Waals surface area contributed by atoms with Gasteiger partial charge in [0.15, 0.2) is 0 Å². The highest BCUT2D eigenvalue weighted by Crippen LogP contribution is 2.26. The minimum Gasteiger partial charge on any atom is -0.390 e. The molecule has 2 nitrogen and oxygen atoms in total. The highest BCUT2D eigenvalue weighted by molar-refractivity contribution is 4.74. The van der Waals surface area contributed by atoms with E-state index in [0.29, 0.717) is 13.0 Å². The van der Waals surface area contributed by atoms with Gasteiger partial charge in [0.05, 0.1) is 19.3 Å². The SMILES string of the molecule is OC1COCC1CCCC(F)(F)F. The van der Waals surface area contributed by atoms with E-state index < -0.39 is 18.7 Å². The summed E-state index contributed by atoms with van der Waals surface area (Å²) in [5, 5.41) is 9.21. The molecule has 1 aliphatic rings. The fourth-order valence-corrected chi connectivity index (χ4v) is 1.43. The monoisotopic (exact) mass is 198 g/mol. The largest absolute Gasteiger partial charge is 0.390 e. The summed E-state index contributed by atoms with van der Waals surface area (Å²) in [5.74, 6) is -0.109. The van der Waals surface area contributed by atoms with Gasteiger partial charge in [-0.1, -0.05) is 0 Å². The second-order valence-electron chi connectivity index (χ2n) is 3.37. The minimum absolute atomic E-state index is 0.0780. The molecule has 5 heteroatoms. The molecule has 0 amide bonds. The van der Waals surface area contributed by atoms with Crippen LogP contribution in [0.1, 0.15) is 19.3 Å². The maximum absolute atomic E-state index is 11.7. The lowest BCUT2D eigenvalue weighted by molar-refractivity contribution is -0.136. The van der Waals surface area contributed by atoms with Gasteiger partial charge in [-0.25, -0.2) is 0 Å². The zero-order valence-electron chi connectivity index (χ0n) is 7.18. The Bertz CT molecular complexity index is 158. The zero-order valence-corrected chi connectivity index (χ0v) is 7.18. The van der Waals surface area contributed by atoms with Gasteiger partial charge in [0.25, 0.3) is 0 Å². The van der Waals surface area contributed by atoms with Gasteiger partial charge in [-0.2, -0.15) is 13.2 Å². The molecular formula is C8H13F3O2. The molecule has 78 valence electrons. The van der Waals surface area contributed by atoms with E-state index in [1.165, 1.54) is 0 Å². The van der Waals surface area contributed by atoms with E-state index in [1.54, 1.807) is 0 Å². The molecule has 1 fully saturated rings. The standard InChI is InChI=1S/C8H13F3O2/c9-8(10,11)3-1-2-6-4-13-5-7(6)12/h6-7,12H,1-5H2. The maximum Gasteiger partial charge on any atom is 0.389 e. The molecule has 1 aliphatic heterocycles. The number of hydrogen-bond acceptors (Lipinski definition) is 2. The van der Waals surface area contributed by atoms with Gasteiger partial charge >= 0.3 is 6.18 Å². The summed E-state index contributed by atoms with van der Waals surface area (Å²) >= 11 is 0. The molecular weight excluding hydrogens is 185 g/mol. The second-order valence-corrected chi connectivity index (χ2v) is 3.37. The first-order valence-electron chi connectivity index (χ1n) is 4.31. The summed E-state index contributed by atoms with van der Waals surface area (Å²) in [4.78, 5) is 0. The van der Waals surface area contributed by atoms with Crippen LogP contribution in [-0.4, -0.2) is 30.6 Å². The van der Waals surface area contributed by atoms with Crippen LogP contribution in [0, 0.1) is 5.92 Å². The van der Waals surface area contributed by atoms with Crippen LogP contribution in [0.2, 0.25) is 0 Å². The summed E-state index contributed by atoms with van der Waals surface area (Å²) < 4.78 is 40.1. The van der Waals surface area contributed by atoms with Crippen molar-refractivity contribution in [2.24, 2.45) is 5.92 Å². The average Bonchev–Trinajstić information content (AvgIpc) is 2.34. The van der Waals surface area contributed by atoms with Crippen LogP contribution in [0.15, 0.2) is 0 Å². The molecule has 1 heterocycles. The first kappa shape index (κ1) is 10.8. The van der Waals surface area contributed by atoms with Gasteiger partial charge in [0.1, 0.15) is 0 Å². The molecule has 0 aromatic heterocycles. The van der Waals surface area contributed by atoms with E-state index in [4.69, 9.17) is 4.74 Å². The Balaban J connectivity index is 2.12. The van der Waals surface area contributed by atoms with Crippen molar-refractivity contribution in [1.29, 1.82) is 0 Å². The lowest BCUT2D eigenvalue weighted by atomic mass is 9.99. The number of ether oxygens (including phenoxy) is 1. The Hall–Kier alpha value is -0.290. The van der Waals surface area contributed by atoms with Gasteiger partial charge in [0, 0.05) is 12.3 Å². The summed E-state index contributed by atoms with van der Waals surface area (Å²) in [6, 6.07) is 0. The molecule has 0 aromatic rings. The topological polar surface area (TPSA) is 29.5 Å². The highest BCUT2D eigenvalue weighted by atomic mass is 19.4. The van der Waals surface area contributed by atoms with E-state index >= 15 is 0 Å². The van der Waals surface area contributed by atoms with Crippen molar-refractivity contribution in [3.8, 4) is 0 Å². The first-order chi connectivity index (χ1) is 5.99. The Morgan fingerprint density at radius 2 is 2.00 bits per heavy atom. The van der Waals surface area contributed by atoms with Gasteiger partial charge in [-0.05, 0) is 12.8 Å². The summed E-state index contributed by atoms with van der Waals surface area (Å²) in [7, 11) is 0. The van der Waals surface area contributed by atoms with Crippen molar-refractivity contribution in [1.82, 2.24) is 0 Å². The normalized spacial score (nSPS) is 29.5. The van der Waals surface area contributed by atoms with Crippen LogP contribution in [0.3, 0.4) is 0 Å². The smallest absolute Gasteiger partial charge is 0.389 e. The molecule has 2 atom stereocenters. The third-order valence-electron chi connectivity index (χ3n) is 2.20. The van der Waals surface area contributed by atoms with Gasteiger partial charge < -0.3 is 9.84 Å². The van der Waals surface area contributed by atoms with E-state index in [-0.39, 0.29) is 18.9 Å². The molecule has 1 rings (SSSR count). The fourth-order valence-electron chi connectivity index (χ4n) is 1.43. The highest BCUT2D eigenvalue weighted by Gasteiger charge is 2.30. The predicted molar refractivity (Wildman–Crippen MR) is 40.2 cm³/mol. The van der Waals surface area contributed by atoms with Crippen molar-refractivity contribution in [2.45, 2.75) is 31.5 Å². The number of alkyl halides is 3. The molecule has 0 aromatic carbocycles. The third-order valence-corrected chi connectivity index (χ3v) is 2.20. The van der Waals surface area contributed by atoms with Crippen molar-refractivity contribution in [2.75, 3.05) is 13.2 Å². The first-order valence-corrected chi connectivity index (χ1v) is 4.31. The Morgan fingerprint density at radius 1 is 1.31 bits per heavy atom. The number of rotatable bonds is 3. The molecule has 1 saturated heterocycles. The molecule has 2 unspecified atom stereocenters. The number of hydrogen-bond donors (Lipinski definition) is 1. The molecule has 0 radical (unpaired) electrons. The van der Waals surface area contributed by atoms with Crippen LogP contribution in [-0.2, 0) is 4.74 Å². The second kappa shape index (κ2) is 4.28. The molecule has 1 N–H and O–H groups in total. The van der Waals surface area contributed by atoms with Crippen LogP contribution < -0.4 is 0 Å². The van der Waals surface area contributed by atoms with Crippen LogP contribution >= 0.6 is 0 Å². The third kappa shape index (κ3) is 3.95. The summed E-state index contributed by atoms with van der Waals surface area (Å²) in [6.45, 7) is 0.649. The average molecular weight is 198 g/mol. The zero-order chi connectivity index (χ0) is 9.90. The lowest BCUT2D eigenvalue weighted by Crippen LogP contribution is -2.18.